The highest BCUT2D eigenvalue weighted by Crippen LogP contribution is 2.35. The minimum atomic E-state index is -0.102. The standard InChI is InChI=1S/C18H13ClN2O/c1-10-12-4-2-3-5-15(12)20-17(10)9-14-13-8-11(19)6-7-16(13)21-18(14)22/h2-9,20H,1H3,(H,21,22). The molecule has 3 aromatic rings. The van der Waals surface area contributed by atoms with Crippen LogP contribution in [0.15, 0.2) is 42.5 Å². The lowest BCUT2D eigenvalue weighted by Gasteiger charge is -1.99. The molecule has 0 spiro atoms. The van der Waals surface area contributed by atoms with Gasteiger partial charge in [-0.3, -0.25) is 4.79 Å². The highest BCUT2D eigenvalue weighted by atomic mass is 35.5. The van der Waals surface area contributed by atoms with E-state index in [9.17, 15) is 4.79 Å². The fourth-order valence-corrected chi connectivity index (χ4v) is 3.07. The van der Waals surface area contributed by atoms with Gasteiger partial charge in [-0.1, -0.05) is 29.8 Å². The number of hydrogen-bond acceptors (Lipinski definition) is 1. The molecule has 4 rings (SSSR count). The Morgan fingerprint density at radius 2 is 1.95 bits per heavy atom. The van der Waals surface area contributed by atoms with Crippen molar-refractivity contribution in [1.29, 1.82) is 0 Å². The second-order valence-electron chi connectivity index (χ2n) is 5.41. The summed E-state index contributed by atoms with van der Waals surface area (Å²) in [6.45, 7) is 2.05. The van der Waals surface area contributed by atoms with Gasteiger partial charge in [0.25, 0.3) is 5.91 Å². The maximum absolute atomic E-state index is 12.2. The predicted octanol–water partition coefficient (Wildman–Crippen LogP) is 4.62. The third-order valence-electron chi connectivity index (χ3n) is 4.06. The molecule has 0 fully saturated rings. The third kappa shape index (κ3) is 1.94. The van der Waals surface area contributed by atoms with E-state index in [1.54, 1.807) is 6.07 Å². The summed E-state index contributed by atoms with van der Waals surface area (Å²) < 4.78 is 0. The van der Waals surface area contributed by atoms with Crippen LogP contribution in [0, 0.1) is 6.92 Å². The van der Waals surface area contributed by atoms with Gasteiger partial charge in [0, 0.05) is 32.9 Å². The highest BCUT2D eigenvalue weighted by Gasteiger charge is 2.24. The van der Waals surface area contributed by atoms with Crippen LogP contribution in [0.4, 0.5) is 5.69 Å². The predicted molar refractivity (Wildman–Crippen MR) is 91.0 cm³/mol. The van der Waals surface area contributed by atoms with Crippen LogP contribution in [0.1, 0.15) is 16.8 Å². The minimum Gasteiger partial charge on any atom is -0.355 e. The van der Waals surface area contributed by atoms with Crippen LogP contribution >= 0.6 is 11.6 Å². The quantitative estimate of drug-likeness (QED) is 0.633. The lowest BCUT2D eigenvalue weighted by Crippen LogP contribution is -2.03. The summed E-state index contributed by atoms with van der Waals surface area (Å²) in [6, 6.07) is 13.5. The first-order valence-electron chi connectivity index (χ1n) is 7.04. The Morgan fingerprint density at radius 3 is 2.77 bits per heavy atom. The molecule has 2 N–H and O–H groups in total. The zero-order valence-electron chi connectivity index (χ0n) is 11.9. The molecule has 22 heavy (non-hydrogen) atoms. The second-order valence-corrected chi connectivity index (χ2v) is 5.85. The Morgan fingerprint density at radius 1 is 1.14 bits per heavy atom. The zero-order chi connectivity index (χ0) is 15.3. The van der Waals surface area contributed by atoms with Crippen LogP contribution in [-0.4, -0.2) is 10.9 Å². The molecule has 1 aliphatic heterocycles. The molecule has 1 amide bonds. The number of para-hydroxylation sites is 1. The molecule has 108 valence electrons. The van der Waals surface area contributed by atoms with E-state index in [0.29, 0.717) is 10.6 Å². The maximum Gasteiger partial charge on any atom is 0.256 e. The Balaban J connectivity index is 1.91. The van der Waals surface area contributed by atoms with Crippen molar-refractivity contribution >= 4 is 45.7 Å². The van der Waals surface area contributed by atoms with Crippen molar-refractivity contribution in [2.45, 2.75) is 6.92 Å². The van der Waals surface area contributed by atoms with Crippen LogP contribution in [-0.2, 0) is 4.79 Å². The number of H-pyrrole nitrogens is 1. The van der Waals surface area contributed by atoms with Gasteiger partial charge in [-0.05, 0) is 42.8 Å². The van der Waals surface area contributed by atoms with Gasteiger partial charge in [-0.25, -0.2) is 0 Å². The van der Waals surface area contributed by atoms with Gasteiger partial charge in [0.05, 0.1) is 5.57 Å². The molecule has 0 radical (unpaired) electrons. The van der Waals surface area contributed by atoms with Gasteiger partial charge < -0.3 is 10.3 Å². The zero-order valence-corrected chi connectivity index (χ0v) is 12.7. The number of hydrogen-bond donors (Lipinski definition) is 2. The molecular formula is C18H13ClN2O. The number of aromatic amines is 1. The molecule has 3 nitrogen and oxygen atoms in total. The van der Waals surface area contributed by atoms with Crippen molar-refractivity contribution in [3.8, 4) is 0 Å². The minimum absolute atomic E-state index is 0.102. The van der Waals surface area contributed by atoms with Gasteiger partial charge in [0.2, 0.25) is 0 Å². The Kier molecular flexibility index (Phi) is 2.84. The summed E-state index contributed by atoms with van der Waals surface area (Å²) in [6.07, 6.45) is 1.90. The molecule has 0 saturated heterocycles. The fraction of sp³-hybridized carbons (Fsp3) is 0.0556. The summed E-state index contributed by atoms with van der Waals surface area (Å²) in [5.41, 5.74) is 5.42. The lowest BCUT2D eigenvalue weighted by molar-refractivity contribution is -0.110. The molecule has 0 aliphatic carbocycles. The number of nitrogens with one attached hydrogen (secondary N) is 2. The van der Waals surface area contributed by atoms with Crippen LogP contribution in [0.25, 0.3) is 22.6 Å². The number of aromatic nitrogens is 1. The summed E-state index contributed by atoms with van der Waals surface area (Å²) in [7, 11) is 0. The van der Waals surface area contributed by atoms with Crippen LogP contribution < -0.4 is 5.32 Å². The first-order valence-corrected chi connectivity index (χ1v) is 7.41. The van der Waals surface area contributed by atoms with E-state index in [1.807, 2.05) is 36.4 Å². The first kappa shape index (κ1) is 13.2. The number of benzene rings is 2. The number of anilines is 1. The average Bonchev–Trinajstić information content (AvgIpc) is 2.99. The number of rotatable bonds is 1. The Labute approximate surface area is 132 Å². The molecule has 1 aromatic heterocycles. The van der Waals surface area contributed by atoms with E-state index in [2.05, 4.69) is 23.3 Å². The topological polar surface area (TPSA) is 44.9 Å². The van der Waals surface area contributed by atoms with Gasteiger partial charge in [-0.2, -0.15) is 0 Å². The molecule has 0 saturated carbocycles. The van der Waals surface area contributed by atoms with Crippen LogP contribution in [0.3, 0.4) is 0 Å². The summed E-state index contributed by atoms with van der Waals surface area (Å²) in [5, 5.41) is 4.65. The molecule has 0 bridgehead atoms. The summed E-state index contributed by atoms with van der Waals surface area (Å²) in [4.78, 5) is 15.6. The summed E-state index contributed by atoms with van der Waals surface area (Å²) >= 11 is 6.06. The van der Waals surface area contributed by atoms with Gasteiger partial charge >= 0.3 is 0 Å². The van der Waals surface area contributed by atoms with Crippen LogP contribution in [0.5, 0.6) is 0 Å². The first-order chi connectivity index (χ1) is 10.6. The maximum atomic E-state index is 12.2. The van der Waals surface area contributed by atoms with E-state index in [4.69, 9.17) is 11.6 Å². The molecular weight excluding hydrogens is 296 g/mol. The van der Waals surface area contributed by atoms with E-state index in [0.717, 1.165) is 28.0 Å². The number of carbonyl (C=O) groups excluding carboxylic acids is 1. The van der Waals surface area contributed by atoms with Crippen LogP contribution in [0.2, 0.25) is 5.02 Å². The Hall–Kier alpha value is -2.52. The van der Waals surface area contributed by atoms with Crippen molar-refractivity contribution in [2.24, 2.45) is 0 Å². The fourth-order valence-electron chi connectivity index (χ4n) is 2.90. The number of carbonyl (C=O) groups is 1. The van der Waals surface area contributed by atoms with Crippen molar-refractivity contribution < 1.29 is 4.79 Å². The van der Waals surface area contributed by atoms with E-state index < -0.39 is 0 Å². The molecule has 0 unspecified atom stereocenters. The number of aryl methyl sites for hydroxylation is 1. The van der Waals surface area contributed by atoms with Crippen molar-refractivity contribution in [1.82, 2.24) is 4.98 Å². The molecule has 2 heterocycles. The summed E-state index contributed by atoms with van der Waals surface area (Å²) in [5.74, 6) is -0.102. The number of fused-ring (bicyclic) bond motifs is 2. The lowest BCUT2D eigenvalue weighted by atomic mass is 10.0. The van der Waals surface area contributed by atoms with Gasteiger partial charge in [0.1, 0.15) is 0 Å². The van der Waals surface area contributed by atoms with Crippen molar-refractivity contribution in [3.63, 3.8) is 0 Å². The van der Waals surface area contributed by atoms with Crippen molar-refractivity contribution in [3.05, 3.63) is 64.3 Å². The molecule has 2 aromatic carbocycles. The molecule has 4 heteroatoms. The van der Waals surface area contributed by atoms with Gasteiger partial charge in [-0.15, -0.1) is 0 Å². The monoisotopic (exact) mass is 308 g/mol. The third-order valence-corrected chi connectivity index (χ3v) is 4.29. The van der Waals surface area contributed by atoms with Gasteiger partial charge in [0.15, 0.2) is 0 Å². The van der Waals surface area contributed by atoms with E-state index >= 15 is 0 Å². The second kappa shape index (κ2) is 4.75. The highest BCUT2D eigenvalue weighted by molar-refractivity contribution is 6.36. The molecule has 1 aliphatic rings. The SMILES string of the molecule is Cc1c(C=C2C(=O)Nc3ccc(Cl)cc32)[nH]c2ccccc12. The normalized spacial score (nSPS) is 15.4. The average molecular weight is 309 g/mol. The number of amides is 1. The smallest absolute Gasteiger partial charge is 0.256 e. The van der Waals surface area contributed by atoms with Crippen molar-refractivity contribution in [2.75, 3.05) is 5.32 Å². The molecule has 0 atom stereocenters. The van der Waals surface area contributed by atoms with E-state index in [1.165, 1.54) is 5.39 Å². The largest absolute Gasteiger partial charge is 0.355 e. The Bertz CT molecular complexity index is 953. The van der Waals surface area contributed by atoms with E-state index in [-0.39, 0.29) is 5.91 Å². The number of halogens is 1.